The molecule has 3 heteroatoms. The minimum atomic E-state index is -0.0131. The predicted octanol–water partition coefficient (Wildman–Crippen LogP) is 0.978. The smallest absolute Gasteiger partial charge is 0.254 e. The number of aromatic hydroxyl groups is 1. The third kappa shape index (κ3) is 0.794. The molecule has 0 aromatic heterocycles. The van der Waals surface area contributed by atoms with Gasteiger partial charge in [-0.1, -0.05) is 6.07 Å². The van der Waals surface area contributed by atoms with E-state index in [4.69, 9.17) is 0 Å². The van der Waals surface area contributed by atoms with E-state index in [-0.39, 0.29) is 11.7 Å². The highest BCUT2D eigenvalue weighted by atomic mass is 16.3. The molecule has 2 rings (SSSR count). The molecule has 0 spiro atoms. The van der Waals surface area contributed by atoms with Gasteiger partial charge in [-0.05, 0) is 12.1 Å². The van der Waals surface area contributed by atoms with Crippen LogP contribution >= 0.6 is 0 Å². The Morgan fingerprint density at radius 3 is 2.92 bits per heavy atom. The summed E-state index contributed by atoms with van der Waals surface area (Å²) in [5, 5.41) is 9.39. The molecular formula is C9H9NO2. The minimum Gasteiger partial charge on any atom is -0.508 e. The monoisotopic (exact) mass is 163 g/mol. The molecular weight excluding hydrogens is 154 g/mol. The highest BCUT2D eigenvalue weighted by Gasteiger charge is 2.25. The van der Waals surface area contributed by atoms with E-state index in [1.165, 1.54) is 0 Å². The number of phenols is 1. The van der Waals surface area contributed by atoms with Crippen LogP contribution in [0.2, 0.25) is 0 Å². The van der Waals surface area contributed by atoms with Crippen LogP contribution in [0.3, 0.4) is 0 Å². The van der Waals surface area contributed by atoms with E-state index >= 15 is 0 Å². The Bertz CT molecular complexity index is 346. The first-order chi connectivity index (χ1) is 5.70. The summed E-state index contributed by atoms with van der Waals surface area (Å²) in [7, 11) is 1.72. The fourth-order valence-corrected chi connectivity index (χ4v) is 1.46. The molecule has 0 saturated heterocycles. The van der Waals surface area contributed by atoms with Gasteiger partial charge in [0.25, 0.3) is 5.91 Å². The van der Waals surface area contributed by atoms with E-state index in [9.17, 15) is 9.90 Å². The second kappa shape index (κ2) is 2.24. The lowest BCUT2D eigenvalue weighted by Crippen LogP contribution is -2.17. The van der Waals surface area contributed by atoms with Crippen LogP contribution in [-0.2, 0) is 6.54 Å². The maximum atomic E-state index is 11.4. The van der Waals surface area contributed by atoms with Crippen molar-refractivity contribution in [2.75, 3.05) is 7.05 Å². The van der Waals surface area contributed by atoms with Crippen molar-refractivity contribution in [3.63, 3.8) is 0 Å². The Balaban J connectivity index is 2.61. The summed E-state index contributed by atoms with van der Waals surface area (Å²) in [6.07, 6.45) is 0. The SMILES string of the molecule is CN1Cc2c(O)cccc2C1=O. The molecule has 1 aromatic carbocycles. The number of hydrogen-bond acceptors (Lipinski definition) is 2. The van der Waals surface area contributed by atoms with Crippen LogP contribution in [0.25, 0.3) is 0 Å². The Kier molecular flexibility index (Phi) is 1.33. The summed E-state index contributed by atoms with van der Waals surface area (Å²) in [5.41, 5.74) is 1.36. The Hall–Kier alpha value is -1.51. The van der Waals surface area contributed by atoms with E-state index in [1.54, 1.807) is 30.1 Å². The Morgan fingerprint density at radius 1 is 1.50 bits per heavy atom. The molecule has 0 aliphatic carbocycles. The van der Waals surface area contributed by atoms with Crippen LogP contribution in [0.5, 0.6) is 5.75 Å². The van der Waals surface area contributed by atoms with E-state index < -0.39 is 0 Å². The van der Waals surface area contributed by atoms with Gasteiger partial charge < -0.3 is 10.0 Å². The maximum absolute atomic E-state index is 11.4. The molecule has 1 N–H and O–H groups in total. The molecule has 0 saturated carbocycles. The zero-order chi connectivity index (χ0) is 8.72. The number of carbonyl (C=O) groups is 1. The molecule has 12 heavy (non-hydrogen) atoms. The van der Waals surface area contributed by atoms with Gasteiger partial charge in [-0.25, -0.2) is 0 Å². The number of phenolic OH excluding ortho intramolecular Hbond substituents is 1. The summed E-state index contributed by atoms with van der Waals surface area (Å²) in [4.78, 5) is 13.0. The van der Waals surface area contributed by atoms with Crippen LogP contribution in [0, 0.1) is 0 Å². The lowest BCUT2D eigenvalue weighted by atomic mass is 10.1. The van der Waals surface area contributed by atoms with Crippen molar-refractivity contribution in [3.8, 4) is 5.75 Å². The first kappa shape index (κ1) is 7.16. The van der Waals surface area contributed by atoms with Crippen molar-refractivity contribution in [2.24, 2.45) is 0 Å². The number of nitrogens with zero attached hydrogens (tertiary/aromatic N) is 1. The second-order valence-corrected chi connectivity index (χ2v) is 2.96. The van der Waals surface area contributed by atoms with E-state index in [2.05, 4.69) is 0 Å². The molecule has 62 valence electrons. The highest BCUT2D eigenvalue weighted by molar-refractivity contribution is 5.98. The number of benzene rings is 1. The first-order valence-electron chi connectivity index (χ1n) is 3.76. The molecule has 1 aliphatic heterocycles. The summed E-state index contributed by atoms with van der Waals surface area (Å²) in [5.74, 6) is 0.200. The molecule has 3 nitrogen and oxygen atoms in total. The molecule has 0 atom stereocenters. The zero-order valence-corrected chi connectivity index (χ0v) is 6.74. The topological polar surface area (TPSA) is 40.5 Å². The average Bonchev–Trinajstić information content (AvgIpc) is 2.32. The first-order valence-corrected chi connectivity index (χ1v) is 3.76. The van der Waals surface area contributed by atoms with Crippen molar-refractivity contribution >= 4 is 5.91 Å². The number of carbonyl (C=O) groups excluding carboxylic acids is 1. The zero-order valence-electron chi connectivity index (χ0n) is 6.74. The summed E-state index contributed by atoms with van der Waals surface area (Å²) < 4.78 is 0. The number of fused-ring (bicyclic) bond motifs is 1. The number of rotatable bonds is 0. The van der Waals surface area contributed by atoms with Gasteiger partial charge in [0.15, 0.2) is 0 Å². The second-order valence-electron chi connectivity index (χ2n) is 2.96. The predicted molar refractivity (Wildman–Crippen MR) is 43.9 cm³/mol. The Labute approximate surface area is 70.2 Å². The highest BCUT2D eigenvalue weighted by Crippen LogP contribution is 2.28. The van der Waals surface area contributed by atoms with Gasteiger partial charge in [-0.2, -0.15) is 0 Å². The molecule has 1 aliphatic rings. The third-order valence-corrected chi connectivity index (χ3v) is 2.12. The van der Waals surface area contributed by atoms with Crippen molar-refractivity contribution in [1.82, 2.24) is 4.90 Å². The molecule has 0 fully saturated rings. The summed E-state index contributed by atoms with van der Waals surface area (Å²) in [6.45, 7) is 0.515. The lowest BCUT2D eigenvalue weighted by Gasteiger charge is -2.04. The van der Waals surface area contributed by atoms with Crippen LogP contribution in [0.15, 0.2) is 18.2 Å². The third-order valence-electron chi connectivity index (χ3n) is 2.12. The molecule has 1 aromatic rings. The number of hydrogen-bond donors (Lipinski definition) is 1. The van der Waals surface area contributed by atoms with Crippen molar-refractivity contribution in [2.45, 2.75) is 6.54 Å². The summed E-state index contributed by atoms with van der Waals surface area (Å²) in [6, 6.07) is 5.03. The van der Waals surface area contributed by atoms with Crippen molar-refractivity contribution in [3.05, 3.63) is 29.3 Å². The summed E-state index contributed by atoms with van der Waals surface area (Å²) >= 11 is 0. The molecule has 0 radical (unpaired) electrons. The van der Waals surface area contributed by atoms with E-state index in [1.807, 2.05) is 0 Å². The Morgan fingerprint density at radius 2 is 2.25 bits per heavy atom. The fraction of sp³-hybridized carbons (Fsp3) is 0.222. The quantitative estimate of drug-likeness (QED) is 0.619. The molecule has 1 amide bonds. The molecule has 0 unspecified atom stereocenters. The lowest BCUT2D eigenvalue weighted by molar-refractivity contribution is 0.0816. The minimum absolute atomic E-state index is 0.0131. The number of amides is 1. The van der Waals surface area contributed by atoms with Gasteiger partial charge in [-0.15, -0.1) is 0 Å². The van der Waals surface area contributed by atoms with Crippen molar-refractivity contribution in [1.29, 1.82) is 0 Å². The van der Waals surface area contributed by atoms with Crippen LogP contribution < -0.4 is 0 Å². The van der Waals surface area contributed by atoms with Gasteiger partial charge in [0.2, 0.25) is 0 Å². The van der Waals surface area contributed by atoms with Crippen LogP contribution in [-0.4, -0.2) is 23.0 Å². The van der Waals surface area contributed by atoms with Crippen LogP contribution in [0.4, 0.5) is 0 Å². The maximum Gasteiger partial charge on any atom is 0.254 e. The van der Waals surface area contributed by atoms with Gasteiger partial charge >= 0.3 is 0 Å². The van der Waals surface area contributed by atoms with Gasteiger partial charge in [0.1, 0.15) is 5.75 Å². The van der Waals surface area contributed by atoms with E-state index in [0.29, 0.717) is 12.1 Å². The van der Waals surface area contributed by atoms with Gasteiger partial charge in [-0.3, -0.25) is 4.79 Å². The fourth-order valence-electron chi connectivity index (χ4n) is 1.46. The normalized spacial score (nSPS) is 15.1. The molecule has 1 heterocycles. The van der Waals surface area contributed by atoms with Gasteiger partial charge in [0, 0.05) is 18.2 Å². The van der Waals surface area contributed by atoms with Crippen molar-refractivity contribution < 1.29 is 9.90 Å². The van der Waals surface area contributed by atoms with Crippen LogP contribution in [0.1, 0.15) is 15.9 Å². The van der Waals surface area contributed by atoms with E-state index in [0.717, 1.165) is 5.56 Å². The van der Waals surface area contributed by atoms with Gasteiger partial charge in [0.05, 0.1) is 6.54 Å². The molecule has 0 bridgehead atoms. The largest absolute Gasteiger partial charge is 0.508 e. The average molecular weight is 163 g/mol. The standard InChI is InChI=1S/C9H9NO2/c1-10-5-7-6(9(10)12)3-2-4-8(7)11/h2-4,11H,5H2,1H3.